The van der Waals surface area contributed by atoms with E-state index in [1.54, 1.807) is 22.6 Å². The first kappa shape index (κ1) is 6.48. The van der Waals surface area contributed by atoms with E-state index in [1.807, 2.05) is 13.3 Å². The normalized spacial score (nSPS) is 10.0. The summed E-state index contributed by atoms with van der Waals surface area (Å²) in [6.07, 6.45) is 3.75. The fourth-order valence-electron chi connectivity index (χ4n) is 0.645. The predicted octanol–water partition coefficient (Wildman–Crippen LogP) is 0.724. The summed E-state index contributed by atoms with van der Waals surface area (Å²) < 4.78 is 1.71. The molecule has 1 heterocycles. The highest BCUT2D eigenvalue weighted by Gasteiger charge is 1.99. The lowest BCUT2D eigenvalue weighted by molar-refractivity contribution is 0.738. The Morgan fingerprint density at radius 1 is 1.78 bits per heavy atom. The van der Waals surface area contributed by atoms with Gasteiger partial charge >= 0.3 is 0 Å². The fourth-order valence-corrected chi connectivity index (χ4v) is 1.14. The molecule has 1 aromatic rings. The van der Waals surface area contributed by atoms with Gasteiger partial charge in [-0.15, -0.1) is 11.8 Å². The van der Waals surface area contributed by atoms with Gasteiger partial charge in [-0.1, -0.05) is 0 Å². The first-order valence-electron chi connectivity index (χ1n) is 2.57. The van der Waals surface area contributed by atoms with E-state index in [2.05, 4.69) is 5.10 Å². The third-order valence-corrected chi connectivity index (χ3v) is 1.72. The summed E-state index contributed by atoms with van der Waals surface area (Å²) in [7, 11) is 1.86. The number of nitrogens with two attached hydrogens (primary N) is 1. The number of anilines is 1. The van der Waals surface area contributed by atoms with Crippen molar-refractivity contribution in [2.45, 2.75) is 5.03 Å². The standard InChI is InChI=1S/C5H9N3S/c1-8-3-4(6)5(7-8)9-2/h3H,6H2,1-2H3. The summed E-state index contributed by atoms with van der Waals surface area (Å²) in [4.78, 5) is 0. The molecule has 0 aliphatic carbocycles. The van der Waals surface area contributed by atoms with E-state index in [-0.39, 0.29) is 0 Å². The second kappa shape index (κ2) is 2.31. The van der Waals surface area contributed by atoms with Gasteiger partial charge in [0.15, 0.2) is 0 Å². The van der Waals surface area contributed by atoms with Crippen LogP contribution in [0.3, 0.4) is 0 Å². The Bertz CT molecular complexity index is 206. The van der Waals surface area contributed by atoms with Gasteiger partial charge in [-0.05, 0) is 6.26 Å². The number of nitrogen functional groups attached to an aromatic ring is 1. The molecule has 0 aliphatic rings. The predicted molar refractivity (Wildman–Crippen MR) is 39.4 cm³/mol. The number of thioether (sulfide) groups is 1. The molecule has 9 heavy (non-hydrogen) atoms. The summed E-state index contributed by atoms with van der Waals surface area (Å²) in [6.45, 7) is 0. The molecule has 50 valence electrons. The fraction of sp³-hybridized carbons (Fsp3) is 0.400. The van der Waals surface area contributed by atoms with Crippen LogP contribution in [-0.4, -0.2) is 16.0 Å². The molecule has 0 radical (unpaired) electrons. The van der Waals surface area contributed by atoms with Crippen LogP contribution in [0, 0.1) is 0 Å². The van der Waals surface area contributed by atoms with E-state index < -0.39 is 0 Å². The maximum atomic E-state index is 5.55. The van der Waals surface area contributed by atoms with Crippen LogP contribution in [0.25, 0.3) is 0 Å². The first-order chi connectivity index (χ1) is 4.24. The molecule has 0 fully saturated rings. The van der Waals surface area contributed by atoms with Crippen LogP contribution in [0.2, 0.25) is 0 Å². The average Bonchev–Trinajstić information content (AvgIpc) is 2.10. The molecule has 0 aliphatic heterocycles. The summed E-state index contributed by atoms with van der Waals surface area (Å²) >= 11 is 1.56. The Kier molecular flexibility index (Phi) is 1.66. The van der Waals surface area contributed by atoms with Crippen molar-refractivity contribution in [3.63, 3.8) is 0 Å². The quantitative estimate of drug-likeness (QED) is 0.589. The Morgan fingerprint density at radius 2 is 2.44 bits per heavy atom. The van der Waals surface area contributed by atoms with Gasteiger partial charge in [0, 0.05) is 13.2 Å². The lowest BCUT2D eigenvalue weighted by Crippen LogP contribution is -1.85. The van der Waals surface area contributed by atoms with Gasteiger partial charge in [-0.25, -0.2) is 0 Å². The highest BCUT2D eigenvalue weighted by molar-refractivity contribution is 7.98. The van der Waals surface area contributed by atoms with Crippen molar-refractivity contribution in [3.05, 3.63) is 6.20 Å². The largest absolute Gasteiger partial charge is 0.395 e. The van der Waals surface area contributed by atoms with E-state index in [0.29, 0.717) is 0 Å². The Balaban J connectivity index is 3.01. The first-order valence-corrected chi connectivity index (χ1v) is 3.79. The second-order valence-electron chi connectivity index (χ2n) is 1.77. The minimum Gasteiger partial charge on any atom is -0.395 e. The van der Waals surface area contributed by atoms with E-state index in [1.165, 1.54) is 0 Å². The van der Waals surface area contributed by atoms with E-state index in [9.17, 15) is 0 Å². The molecule has 0 saturated heterocycles. The van der Waals surface area contributed by atoms with Gasteiger partial charge in [0.1, 0.15) is 5.03 Å². The molecular weight excluding hydrogens is 134 g/mol. The van der Waals surface area contributed by atoms with E-state index in [0.717, 1.165) is 10.7 Å². The SMILES string of the molecule is CSc1nn(C)cc1N. The van der Waals surface area contributed by atoms with Crippen LogP contribution in [0.15, 0.2) is 11.2 Å². The topological polar surface area (TPSA) is 43.8 Å². The smallest absolute Gasteiger partial charge is 0.141 e. The molecule has 3 nitrogen and oxygen atoms in total. The zero-order valence-electron chi connectivity index (χ0n) is 5.46. The number of hydrogen-bond acceptors (Lipinski definition) is 3. The summed E-state index contributed by atoms with van der Waals surface area (Å²) in [5, 5.41) is 4.98. The third-order valence-electron chi connectivity index (χ3n) is 1.01. The molecule has 0 aromatic carbocycles. The zero-order valence-corrected chi connectivity index (χ0v) is 6.27. The molecule has 4 heteroatoms. The molecule has 0 saturated carbocycles. The lowest BCUT2D eigenvalue weighted by Gasteiger charge is -1.85. The van der Waals surface area contributed by atoms with Crippen molar-refractivity contribution < 1.29 is 0 Å². The van der Waals surface area contributed by atoms with Crippen LogP contribution < -0.4 is 5.73 Å². The zero-order chi connectivity index (χ0) is 6.85. The number of rotatable bonds is 1. The Hall–Kier alpha value is -0.640. The number of nitrogens with zero attached hydrogens (tertiary/aromatic N) is 2. The van der Waals surface area contributed by atoms with E-state index >= 15 is 0 Å². The van der Waals surface area contributed by atoms with Crippen LogP contribution in [0.5, 0.6) is 0 Å². The molecule has 1 rings (SSSR count). The molecule has 0 spiro atoms. The van der Waals surface area contributed by atoms with Crippen molar-refractivity contribution >= 4 is 17.4 Å². The van der Waals surface area contributed by atoms with E-state index in [4.69, 9.17) is 5.73 Å². The van der Waals surface area contributed by atoms with Crippen molar-refractivity contribution in [1.82, 2.24) is 9.78 Å². The summed E-state index contributed by atoms with van der Waals surface area (Å²) in [5.74, 6) is 0. The third kappa shape index (κ3) is 1.18. The average molecular weight is 143 g/mol. The van der Waals surface area contributed by atoms with Gasteiger partial charge < -0.3 is 5.73 Å². The number of aryl methyl sites for hydroxylation is 1. The monoisotopic (exact) mass is 143 g/mol. The van der Waals surface area contributed by atoms with Gasteiger partial charge in [0.2, 0.25) is 0 Å². The van der Waals surface area contributed by atoms with Crippen molar-refractivity contribution in [1.29, 1.82) is 0 Å². The van der Waals surface area contributed by atoms with Gasteiger partial charge in [0.05, 0.1) is 5.69 Å². The van der Waals surface area contributed by atoms with Gasteiger partial charge in [0.25, 0.3) is 0 Å². The van der Waals surface area contributed by atoms with Crippen molar-refractivity contribution in [3.8, 4) is 0 Å². The Morgan fingerprint density at radius 3 is 2.67 bits per heavy atom. The molecule has 0 unspecified atom stereocenters. The summed E-state index contributed by atoms with van der Waals surface area (Å²) in [6, 6.07) is 0. The maximum absolute atomic E-state index is 5.55. The molecule has 2 N–H and O–H groups in total. The highest BCUT2D eigenvalue weighted by Crippen LogP contribution is 2.18. The van der Waals surface area contributed by atoms with Crippen LogP contribution in [-0.2, 0) is 7.05 Å². The summed E-state index contributed by atoms with van der Waals surface area (Å²) in [5.41, 5.74) is 6.30. The lowest BCUT2D eigenvalue weighted by atomic mass is 10.6. The number of hydrogen-bond donors (Lipinski definition) is 1. The minimum absolute atomic E-state index is 0.755. The van der Waals surface area contributed by atoms with Gasteiger partial charge in [-0.3, -0.25) is 4.68 Å². The van der Waals surface area contributed by atoms with Crippen molar-refractivity contribution in [2.75, 3.05) is 12.0 Å². The molecule has 0 bridgehead atoms. The van der Waals surface area contributed by atoms with Gasteiger partial charge in [-0.2, -0.15) is 5.10 Å². The van der Waals surface area contributed by atoms with Crippen molar-refractivity contribution in [2.24, 2.45) is 7.05 Å². The molecule has 0 atom stereocenters. The molecular formula is C5H9N3S. The molecule has 0 amide bonds. The number of aromatic nitrogens is 2. The second-order valence-corrected chi connectivity index (χ2v) is 2.56. The Labute approximate surface area is 58.2 Å². The van der Waals surface area contributed by atoms with Crippen LogP contribution >= 0.6 is 11.8 Å². The highest BCUT2D eigenvalue weighted by atomic mass is 32.2. The molecule has 1 aromatic heterocycles. The van der Waals surface area contributed by atoms with Crippen LogP contribution in [0.4, 0.5) is 5.69 Å². The minimum atomic E-state index is 0.755. The maximum Gasteiger partial charge on any atom is 0.141 e. The van der Waals surface area contributed by atoms with Crippen LogP contribution in [0.1, 0.15) is 0 Å².